The second kappa shape index (κ2) is 6.60. The van der Waals surface area contributed by atoms with Gasteiger partial charge in [-0.2, -0.15) is 0 Å². The van der Waals surface area contributed by atoms with Crippen molar-refractivity contribution in [2.75, 3.05) is 19.7 Å². The molecular weight excluding hydrogens is 224 g/mol. The highest BCUT2D eigenvalue weighted by Crippen LogP contribution is 2.10. The molecule has 0 spiro atoms. The maximum atomic E-state index is 11.3. The number of carbonyl (C=O) groups excluding carboxylic acids is 1. The van der Waals surface area contributed by atoms with Gasteiger partial charge in [0.15, 0.2) is 0 Å². The lowest BCUT2D eigenvalue weighted by atomic mass is 10.4. The van der Waals surface area contributed by atoms with Gasteiger partial charge in [0, 0.05) is 11.9 Å². The molecule has 0 fully saturated rings. The van der Waals surface area contributed by atoms with Gasteiger partial charge in [0.1, 0.15) is 0 Å². The van der Waals surface area contributed by atoms with Crippen molar-refractivity contribution >= 4 is 17.3 Å². The third-order valence-electron chi connectivity index (χ3n) is 2.16. The first kappa shape index (κ1) is 13.1. The molecule has 0 aliphatic carbocycles. The number of carbonyl (C=O) groups is 1. The van der Waals surface area contributed by atoms with Gasteiger partial charge in [-0.1, -0.05) is 6.92 Å². The summed E-state index contributed by atoms with van der Waals surface area (Å²) in [5.41, 5.74) is 1.02. The summed E-state index contributed by atoms with van der Waals surface area (Å²) in [5.74, 6) is -0.170. The van der Waals surface area contributed by atoms with Crippen LogP contribution in [0.25, 0.3) is 0 Å². The lowest BCUT2D eigenvalue weighted by Gasteiger charge is -2.17. The quantitative estimate of drug-likeness (QED) is 0.714. The van der Waals surface area contributed by atoms with E-state index < -0.39 is 0 Å². The van der Waals surface area contributed by atoms with Gasteiger partial charge in [0.2, 0.25) is 0 Å². The summed E-state index contributed by atoms with van der Waals surface area (Å²) in [4.78, 5) is 17.7. The van der Waals surface area contributed by atoms with Crippen molar-refractivity contribution in [3.05, 3.63) is 16.1 Å². The number of nitrogens with zero attached hydrogens (tertiary/aromatic N) is 2. The maximum absolute atomic E-state index is 11.3. The zero-order chi connectivity index (χ0) is 12.0. The maximum Gasteiger partial charge on any atom is 0.320 e. The number of aromatic nitrogens is 1. The fourth-order valence-corrected chi connectivity index (χ4v) is 1.98. The average Bonchev–Trinajstić information content (AvgIpc) is 2.63. The Balaban J connectivity index is 2.45. The molecule has 1 aromatic rings. The zero-order valence-corrected chi connectivity index (χ0v) is 10.8. The Kier molecular flexibility index (Phi) is 5.42. The molecule has 1 aromatic heterocycles. The highest BCUT2D eigenvalue weighted by molar-refractivity contribution is 7.09. The van der Waals surface area contributed by atoms with Crippen molar-refractivity contribution in [2.45, 2.75) is 27.3 Å². The standard InChI is InChI=1S/C11H18N2O2S/c1-4-13(7-11(14)15-5-2)6-10-8-16-9(3)12-10/h8H,4-7H2,1-3H3. The molecule has 0 unspecified atom stereocenters. The van der Waals surface area contributed by atoms with E-state index in [9.17, 15) is 4.79 Å². The number of esters is 1. The molecule has 0 amide bonds. The van der Waals surface area contributed by atoms with Gasteiger partial charge in [-0.25, -0.2) is 4.98 Å². The van der Waals surface area contributed by atoms with E-state index in [2.05, 4.69) is 4.98 Å². The van der Waals surface area contributed by atoms with Crippen molar-refractivity contribution < 1.29 is 9.53 Å². The van der Waals surface area contributed by atoms with Crippen LogP contribution in [0.4, 0.5) is 0 Å². The molecule has 1 heterocycles. The van der Waals surface area contributed by atoms with Gasteiger partial charge in [0.05, 0.1) is 23.9 Å². The molecule has 0 N–H and O–H groups in total. The van der Waals surface area contributed by atoms with Gasteiger partial charge in [-0.3, -0.25) is 9.69 Å². The van der Waals surface area contributed by atoms with E-state index in [1.165, 1.54) is 0 Å². The van der Waals surface area contributed by atoms with E-state index in [4.69, 9.17) is 4.74 Å². The fraction of sp³-hybridized carbons (Fsp3) is 0.636. The molecule has 0 aliphatic rings. The van der Waals surface area contributed by atoms with E-state index >= 15 is 0 Å². The predicted octanol–water partition coefficient (Wildman–Crippen LogP) is 1.84. The summed E-state index contributed by atoms with van der Waals surface area (Å²) in [5, 5.41) is 3.09. The number of hydrogen-bond donors (Lipinski definition) is 0. The Hall–Kier alpha value is -0.940. The van der Waals surface area contributed by atoms with Gasteiger partial charge >= 0.3 is 5.97 Å². The molecule has 0 saturated carbocycles. The number of hydrogen-bond acceptors (Lipinski definition) is 5. The Morgan fingerprint density at radius 1 is 1.56 bits per heavy atom. The first-order chi connectivity index (χ1) is 7.65. The van der Waals surface area contributed by atoms with Crippen LogP contribution < -0.4 is 0 Å². The minimum absolute atomic E-state index is 0.170. The fourth-order valence-electron chi connectivity index (χ4n) is 1.38. The largest absolute Gasteiger partial charge is 0.465 e. The van der Waals surface area contributed by atoms with E-state index in [0.717, 1.165) is 17.2 Å². The number of aryl methyl sites for hydroxylation is 1. The van der Waals surface area contributed by atoms with Crippen LogP contribution in [0.2, 0.25) is 0 Å². The van der Waals surface area contributed by atoms with Crippen molar-refractivity contribution in [1.29, 1.82) is 0 Å². The second-order valence-electron chi connectivity index (χ2n) is 3.47. The third-order valence-corrected chi connectivity index (χ3v) is 2.98. The van der Waals surface area contributed by atoms with Crippen molar-refractivity contribution in [3.63, 3.8) is 0 Å². The first-order valence-electron chi connectivity index (χ1n) is 5.44. The van der Waals surface area contributed by atoms with Crippen molar-refractivity contribution in [1.82, 2.24) is 9.88 Å². The summed E-state index contributed by atoms with van der Waals surface area (Å²) in [6, 6.07) is 0. The number of thiazole rings is 1. The smallest absolute Gasteiger partial charge is 0.320 e. The molecule has 0 saturated heterocycles. The van der Waals surface area contributed by atoms with Crippen molar-refractivity contribution in [3.8, 4) is 0 Å². The Morgan fingerprint density at radius 3 is 2.81 bits per heavy atom. The molecule has 1 rings (SSSR count). The minimum atomic E-state index is -0.170. The highest BCUT2D eigenvalue weighted by atomic mass is 32.1. The van der Waals surface area contributed by atoms with Crippen LogP contribution in [0.5, 0.6) is 0 Å². The summed E-state index contributed by atoms with van der Waals surface area (Å²) < 4.78 is 4.92. The highest BCUT2D eigenvalue weighted by Gasteiger charge is 2.11. The first-order valence-corrected chi connectivity index (χ1v) is 6.32. The SMILES string of the molecule is CCOC(=O)CN(CC)Cc1csc(C)n1. The number of ether oxygens (including phenoxy) is 1. The summed E-state index contributed by atoms with van der Waals surface area (Å²) in [6.07, 6.45) is 0. The third kappa shape index (κ3) is 4.28. The summed E-state index contributed by atoms with van der Waals surface area (Å²) in [6.45, 7) is 8.12. The van der Waals surface area contributed by atoms with E-state index in [1.54, 1.807) is 11.3 Å². The van der Waals surface area contributed by atoms with Gasteiger partial charge in [-0.05, 0) is 20.4 Å². The Morgan fingerprint density at radius 2 is 2.31 bits per heavy atom. The van der Waals surface area contributed by atoms with Gasteiger partial charge in [0.25, 0.3) is 0 Å². The molecule has 0 aromatic carbocycles. The topological polar surface area (TPSA) is 42.4 Å². The summed E-state index contributed by atoms with van der Waals surface area (Å²) >= 11 is 1.63. The molecule has 16 heavy (non-hydrogen) atoms. The number of likely N-dealkylation sites (N-methyl/N-ethyl adjacent to an activating group) is 1. The molecule has 0 atom stereocenters. The van der Waals surface area contributed by atoms with Crippen LogP contribution >= 0.6 is 11.3 Å². The number of rotatable bonds is 6. The normalized spacial score (nSPS) is 10.8. The monoisotopic (exact) mass is 242 g/mol. The predicted molar refractivity (Wildman–Crippen MR) is 64.4 cm³/mol. The average molecular weight is 242 g/mol. The molecular formula is C11H18N2O2S. The van der Waals surface area contributed by atoms with E-state index in [1.807, 2.05) is 31.1 Å². The molecule has 0 aliphatic heterocycles. The molecule has 0 radical (unpaired) electrons. The Labute approximate surface area is 100 Å². The van der Waals surface area contributed by atoms with Crippen molar-refractivity contribution in [2.24, 2.45) is 0 Å². The van der Waals surface area contributed by atoms with Crippen LogP contribution in [-0.4, -0.2) is 35.5 Å². The minimum Gasteiger partial charge on any atom is -0.465 e. The second-order valence-corrected chi connectivity index (χ2v) is 4.53. The van der Waals surface area contributed by atoms with Crippen LogP contribution in [0.15, 0.2) is 5.38 Å². The van der Waals surface area contributed by atoms with Crippen LogP contribution in [0.3, 0.4) is 0 Å². The van der Waals surface area contributed by atoms with Crippen LogP contribution in [0.1, 0.15) is 24.5 Å². The Bertz CT molecular complexity index is 338. The lowest BCUT2D eigenvalue weighted by molar-refractivity contribution is -0.144. The molecule has 4 nitrogen and oxygen atoms in total. The van der Waals surface area contributed by atoms with E-state index in [-0.39, 0.29) is 5.97 Å². The molecule has 90 valence electrons. The van der Waals surface area contributed by atoms with Crippen LogP contribution in [0, 0.1) is 6.92 Å². The zero-order valence-electron chi connectivity index (χ0n) is 10.0. The summed E-state index contributed by atoms with van der Waals surface area (Å²) in [7, 11) is 0. The van der Waals surface area contributed by atoms with E-state index in [0.29, 0.717) is 19.7 Å². The molecule has 5 heteroatoms. The molecule has 0 bridgehead atoms. The van der Waals surface area contributed by atoms with Crippen LogP contribution in [-0.2, 0) is 16.1 Å². The van der Waals surface area contributed by atoms with Gasteiger partial charge < -0.3 is 4.74 Å². The lowest BCUT2D eigenvalue weighted by Crippen LogP contribution is -2.30. The van der Waals surface area contributed by atoms with Gasteiger partial charge in [-0.15, -0.1) is 11.3 Å².